The molecule has 1 N–H and O–H groups in total. The standard InChI is InChI=1S/C15H19NO6S/c1-21-8-11-2-4-12(5-3-11)15(18)22-9-14(17)16-13-6-7-23(19,20)10-13/h2-5,13H,6-10H2,1H3,(H,16,17)/t13-/m1/s1. The highest BCUT2D eigenvalue weighted by atomic mass is 32.2. The van der Waals surface area contributed by atoms with Gasteiger partial charge in [-0.25, -0.2) is 13.2 Å². The molecule has 1 heterocycles. The van der Waals surface area contributed by atoms with Gasteiger partial charge in [0.2, 0.25) is 0 Å². The number of ether oxygens (including phenoxy) is 2. The van der Waals surface area contributed by atoms with Crippen LogP contribution in [0.3, 0.4) is 0 Å². The van der Waals surface area contributed by atoms with E-state index in [1.165, 1.54) is 0 Å². The van der Waals surface area contributed by atoms with Gasteiger partial charge in [-0.15, -0.1) is 0 Å². The third-order valence-corrected chi connectivity index (χ3v) is 5.20. The summed E-state index contributed by atoms with van der Waals surface area (Å²) in [6.45, 7) is 0.0111. The first-order valence-electron chi connectivity index (χ1n) is 7.14. The summed E-state index contributed by atoms with van der Waals surface area (Å²) in [6, 6.07) is 6.27. The second-order valence-corrected chi connectivity index (χ2v) is 7.60. The minimum atomic E-state index is -3.06. The number of amides is 1. The molecule has 1 aromatic carbocycles. The highest BCUT2D eigenvalue weighted by molar-refractivity contribution is 7.91. The fraction of sp³-hybridized carbons (Fsp3) is 0.467. The number of rotatable bonds is 6. The van der Waals surface area contributed by atoms with Crippen molar-refractivity contribution < 1.29 is 27.5 Å². The molecule has 8 heteroatoms. The maximum Gasteiger partial charge on any atom is 0.338 e. The molecule has 0 bridgehead atoms. The van der Waals surface area contributed by atoms with Crippen molar-refractivity contribution in [1.82, 2.24) is 5.32 Å². The van der Waals surface area contributed by atoms with E-state index in [0.29, 0.717) is 18.6 Å². The topological polar surface area (TPSA) is 98.8 Å². The first-order chi connectivity index (χ1) is 10.9. The molecule has 23 heavy (non-hydrogen) atoms. The lowest BCUT2D eigenvalue weighted by Gasteiger charge is -2.11. The quantitative estimate of drug-likeness (QED) is 0.747. The molecule has 1 aromatic rings. The highest BCUT2D eigenvalue weighted by Crippen LogP contribution is 2.11. The fourth-order valence-corrected chi connectivity index (χ4v) is 3.97. The van der Waals surface area contributed by atoms with Crippen molar-refractivity contribution >= 4 is 21.7 Å². The van der Waals surface area contributed by atoms with Crippen LogP contribution in [0.15, 0.2) is 24.3 Å². The van der Waals surface area contributed by atoms with E-state index in [0.717, 1.165) is 5.56 Å². The largest absolute Gasteiger partial charge is 0.452 e. The number of carbonyl (C=O) groups excluding carboxylic acids is 2. The molecule has 7 nitrogen and oxygen atoms in total. The molecule has 1 atom stereocenters. The van der Waals surface area contributed by atoms with E-state index in [4.69, 9.17) is 9.47 Å². The fourth-order valence-electron chi connectivity index (χ4n) is 2.30. The van der Waals surface area contributed by atoms with Crippen LogP contribution in [0.4, 0.5) is 0 Å². The maximum atomic E-state index is 11.8. The summed E-state index contributed by atoms with van der Waals surface area (Å²) in [5.74, 6) is -1.10. The van der Waals surface area contributed by atoms with Crippen molar-refractivity contribution in [1.29, 1.82) is 0 Å². The minimum Gasteiger partial charge on any atom is -0.452 e. The lowest BCUT2D eigenvalue weighted by molar-refractivity contribution is -0.124. The predicted octanol–water partition coefficient (Wildman–Crippen LogP) is 0.293. The Hall–Kier alpha value is -1.93. The van der Waals surface area contributed by atoms with Crippen molar-refractivity contribution in [3.05, 3.63) is 35.4 Å². The molecule has 0 radical (unpaired) electrons. The summed E-state index contributed by atoms with van der Waals surface area (Å²) >= 11 is 0. The first kappa shape index (κ1) is 17.4. The zero-order valence-electron chi connectivity index (χ0n) is 12.8. The van der Waals surface area contributed by atoms with Crippen molar-refractivity contribution in [2.45, 2.75) is 19.1 Å². The van der Waals surface area contributed by atoms with Crippen molar-refractivity contribution in [2.24, 2.45) is 0 Å². The number of hydrogen-bond acceptors (Lipinski definition) is 6. The Morgan fingerprint density at radius 3 is 2.52 bits per heavy atom. The van der Waals surface area contributed by atoms with Gasteiger partial charge in [0, 0.05) is 13.2 Å². The normalized spacial score (nSPS) is 19.3. The van der Waals surface area contributed by atoms with Crippen molar-refractivity contribution in [3.63, 3.8) is 0 Å². The second kappa shape index (κ2) is 7.56. The van der Waals surface area contributed by atoms with Gasteiger partial charge in [-0.05, 0) is 24.1 Å². The van der Waals surface area contributed by atoms with Crippen LogP contribution in [-0.2, 0) is 30.7 Å². The van der Waals surface area contributed by atoms with Crippen LogP contribution in [0, 0.1) is 0 Å². The highest BCUT2D eigenvalue weighted by Gasteiger charge is 2.29. The Kier molecular flexibility index (Phi) is 5.73. The molecule has 0 unspecified atom stereocenters. The molecule has 0 aliphatic carbocycles. The van der Waals surface area contributed by atoms with E-state index in [1.54, 1.807) is 31.4 Å². The van der Waals surface area contributed by atoms with E-state index in [2.05, 4.69) is 5.32 Å². The van der Waals surface area contributed by atoms with Crippen LogP contribution in [0.1, 0.15) is 22.3 Å². The molecule has 0 saturated carbocycles. The molecule has 2 rings (SSSR count). The molecule has 0 aromatic heterocycles. The van der Waals surface area contributed by atoms with Crippen molar-refractivity contribution in [3.8, 4) is 0 Å². The Labute approximate surface area is 134 Å². The molecule has 1 amide bonds. The number of hydrogen-bond donors (Lipinski definition) is 1. The molecule has 1 aliphatic heterocycles. The van der Waals surface area contributed by atoms with Gasteiger partial charge in [-0.1, -0.05) is 12.1 Å². The number of benzene rings is 1. The zero-order valence-corrected chi connectivity index (χ0v) is 13.6. The predicted molar refractivity (Wildman–Crippen MR) is 82.6 cm³/mol. The zero-order chi connectivity index (χ0) is 16.9. The Balaban J connectivity index is 1.78. The molecule has 1 fully saturated rings. The van der Waals surface area contributed by atoms with E-state index >= 15 is 0 Å². The molecular formula is C15H19NO6S. The van der Waals surface area contributed by atoms with Gasteiger partial charge in [-0.3, -0.25) is 4.79 Å². The van der Waals surface area contributed by atoms with Gasteiger partial charge >= 0.3 is 5.97 Å². The van der Waals surface area contributed by atoms with Crippen LogP contribution in [0.2, 0.25) is 0 Å². The van der Waals surface area contributed by atoms with E-state index < -0.39 is 34.4 Å². The lowest BCUT2D eigenvalue weighted by Crippen LogP contribution is -2.38. The van der Waals surface area contributed by atoms with E-state index in [-0.39, 0.29) is 11.5 Å². The smallest absolute Gasteiger partial charge is 0.338 e. The lowest BCUT2D eigenvalue weighted by atomic mass is 10.1. The molecule has 0 spiro atoms. The van der Waals surface area contributed by atoms with Crippen molar-refractivity contribution in [2.75, 3.05) is 25.2 Å². The SMILES string of the molecule is COCc1ccc(C(=O)OCC(=O)N[C@@H]2CCS(=O)(=O)C2)cc1. The first-order valence-corrected chi connectivity index (χ1v) is 8.96. The van der Waals surface area contributed by atoms with Crippen LogP contribution in [0.5, 0.6) is 0 Å². The number of nitrogens with one attached hydrogen (secondary N) is 1. The van der Waals surface area contributed by atoms with Gasteiger partial charge in [-0.2, -0.15) is 0 Å². The summed E-state index contributed by atoms with van der Waals surface area (Å²) in [4.78, 5) is 23.5. The number of esters is 1. The average molecular weight is 341 g/mol. The summed E-state index contributed by atoms with van der Waals surface area (Å²) in [5, 5.41) is 2.56. The van der Waals surface area contributed by atoms with Crippen LogP contribution in [-0.4, -0.2) is 51.6 Å². The maximum absolute atomic E-state index is 11.8. The molecular weight excluding hydrogens is 322 g/mol. The van der Waals surface area contributed by atoms with Gasteiger partial charge < -0.3 is 14.8 Å². The monoisotopic (exact) mass is 341 g/mol. The number of methoxy groups -OCH3 is 1. The van der Waals surface area contributed by atoms with Crippen LogP contribution < -0.4 is 5.32 Å². The Morgan fingerprint density at radius 1 is 1.26 bits per heavy atom. The molecule has 1 aliphatic rings. The number of sulfone groups is 1. The Bertz CT molecular complexity index is 668. The van der Waals surface area contributed by atoms with E-state index in [9.17, 15) is 18.0 Å². The van der Waals surface area contributed by atoms with Gasteiger partial charge in [0.25, 0.3) is 5.91 Å². The van der Waals surface area contributed by atoms with Crippen LogP contribution in [0.25, 0.3) is 0 Å². The number of carbonyl (C=O) groups is 2. The average Bonchev–Trinajstić information content (AvgIpc) is 2.84. The summed E-state index contributed by atoms with van der Waals surface area (Å²) in [7, 11) is -1.48. The van der Waals surface area contributed by atoms with Gasteiger partial charge in [0.1, 0.15) is 0 Å². The summed E-state index contributed by atoms with van der Waals surface area (Å²) in [6.07, 6.45) is 0.392. The summed E-state index contributed by atoms with van der Waals surface area (Å²) in [5.41, 5.74) is 1.25. The minimum absolute atomic E-state index is 0.0619. The van der Waals surface area contributed by atoms with Gasteiger partial charge in [0.15, 0.2) is 16.4 Å². The van der Waals surface area contributed by atoms with Crippen LogP contribution >= 0.6 is 0 Å². The second-order valence-electron chi connectivity index (χ2n) is 5.37. The molecule has 1 saturated heterocycles. The van der Waals surface area contributed by atoms with E-state index in [1.807, 2.05) is 0 Å². The Morgan fingerprint density at radius 2 is 1.96 bits per heavy atom. The third-order valence-electron chi connectivity index (χ3n) is 3.43. The third kappa shape index (κ3) is 5.33. The van der Waals surface area contributed by atoms with Gasteiger partial charge in [0.05, 0.1) is 23.7 Å². The molecule has 126 valence electrons. The summed E-state index contributed by atoms with van der Waals surface area (Å²) < 4.78 is 32.5.